The normalized spacial score (nSPS) is 10.8. The molecule has 4 nitrogen and oxygen atoms in total. The van der Waals surface area contributed by atoms with Gasteiger partial charge in [0.05, 0.1) is 6.54 Å². The van der Waals surface area contributed by atoms with E-state index < -0.39 is 0 Å². The molecule has 0 unspecified atom stereocenters. The van der Waals surface area contributed by atoms with Crippen molar-refractivity contribution in [1.29, 1.82) is 0 Å². The van der Waals surface area contributed by atoms with Gasteiger partial charge in [-0.05, 0) is 31.2 Å². The van der Waals surface area contributed by atoms with E-state index in [1.165, 1.54) is 5.56 Å². The third-order valence-electron chi connectivity index (χ3n) is 3.22. The average molecular weight is 252 g/mol. The summed E-state index contributed by atoms with van der Waals surface area (Å²) in [4.78, 5) is 8.92. The Morgan fingerprint density at radius 3 is 2.68 bits per heavy atom. The van der Waals surface area contributed by atoms with Gasteiger partial charge in [-0.25, -0.2) is 9.97 Å². The van der Waals surface area contributed by atoms with E-state index in [1.807, 2.05) is 23.7 Å². The van der Waals surface area contributed by atoms with Gasteiger partial charge in [0, 0.05) is 18.9 Å². The molecule has 0 spiro atoms. The molecular weight excluding hydrogens is 236 g/mol. The molecule has 0 atom stereocenters. The smallest absolute Gasteiger partial charge is 0.159 e. The van der Waals surface area contributed by atoms with Gasteiger partial charge in [-0.3, -0.25) is 0 Å². The number of nitrogens with zero attached hydrogens (tertiary/aromatic N) is 3. The Bertz CT molecular complexity index is 698. The molecule has 2 aromatic heterocycles. The fourth-order valence-electron chi connectivity index (χ4n) is 2.08. The number of pyridine rings is 1. The summed E-state index contributed by atoms with van der Waals surface area (Å²) >= 11 is 0. The van der Waals surface area contributed by atoms with Crippen LogP contribution in [0.3, 0.4) is 0 Å². The van der Waals surface area contributed by atoms with Gasteiger partial charge in [0.1, 0.15) is 11.3 Å². The predicted molar refractivity (Wildman–Crippen MR) is 77.0 cm³/mol. The molecule has 0 aliphatic rings. The number of fused-ring (bicyclic) bond motifs is 1. The Morgan fingerprint density at radius 1 is 1.16 bits per heavy atom. The van der Waals surface area contributed by atoms with Crippen LogP contribution in [0, 0.1) is 6.92 Å². The molecule has 0 amide bonds. The van der Waals surface area contributed by atoms with Crippen molar-refractivity contribution < 1.29 is 0 Å². The van der Waals surface area contributed by atoms with E-state index in [9.17, 15) is 0 Å². The second-order valence-corrected chi connectivity index (χ2v) is 4.65. The lowest BCUT2D eigenvalue weighted by atomic mass is 10.2. The average Bonchev–Trinajstić information content (AvgIpc) is 2.76. The lowest BCUT2D eigenvalue weighted by Gasteiger charge is -2.06. The molecule has 0 bridgehead atoms. The molecule has 4 heteroatoms. The van der Waals surface area contributed by atoms with Gasteiger partial charge in [0.2, 0.25) is 0 Å². The zero-order valence-corrected chi connectivity index (χ0v) is 11.1. The summed E-state index contributed by atoms with van der Waals surface area (Å²) in [7, 11) is 1.99. The molecule has 0 aliphatic carbocycles. The molecule has 96 valence electrons. The second-order valence-electron chi connectivity index (χ2n) is 4.65. The summed E-state index contributed by atoms with van der Waals surface area (Å²) in [5.74, 6) is 0.981. The van der Waals surface area contributed by atoms with Crippen LogP contribution in [0.1, 0.15) is 11.4 Å². The maximum absolute atomic E-state index is 4.58. The first kappa shape index (κ1) is 11.7. The van der Waals surface area contributed by atoms with Crippen LogP contribution in [-0.2, 0) is 13.6 Å². The Morgan fingerprint density at radius 2 is 1.95 bits per heavy atom. The van der Waals surface area contributed by atoms with E-state index in [-0.39, 0.29) is 0 Å². The highest BCUT2D eigenvalue weighted by atomic mass is 15.1. The SMILES string of the molecule is Cc1ccc(NCc2nc3cccnc3n2C)cc1. The van der Waals surface area contributed by atoms with Gasteiger partial charge in [-0.2, -0.15) is 0 Å². The lowest BCUT2D eigenvalue weighted by Crippen LogP contribution is -2.06. The van der Waals surface area contributed by atoms with Crippen LogP contribution in [0.4, 0.5) is 5.69 Å². The monoisotopic (exact) mass is 252 g/mol. The summed E-state index contributed by atoms with van der Waals surface area (Å²) in [6, 6.07) is 12.2. The maximum atomic E-state index is 4.58. The lowest BCUT2D eigenvalue weighted by molar-refractivity contribution is 0.826. The standard InChI is InChI=1S/C15H16N4/c1-11-5-7-12(8-6-11)17-10-14-18-13-4-3-9-16-15(13)19(14)2/h3-9,17H,10H2,1-2H3. The maximum Gasteiger partial charge on any atom is 0.159 e. The number of hydrogen-bond donors (Lipinski definition) is 1. The quantitative estimate of drug-likeness (QED) is 0.779. The van der Waals surface area contributed by atoms with E-state index in [0.29, 0.717) is 6.54 Å². The highest BCUT2D eigenvalue weighted by Gasteiger charge is 2.07. The molecule has 3 aromatic rings. The summed E-state index contributed by atoms with van der Waals surface area (Å²) in [5.41, 5.74) is 4.22. The molecule has 19 heavy (non-hydrogen) atoms. The molecule has 3 rings (SSSR count). The fourth-order valence-corrected chi connectivity index (χ4v) is 2.08. The van der Waals surface area contributed by atoms with Crippen molar-refractivity contribution >= 4 is 16.9 Å². The summed E-state index contributed by atoms with van der Waals surface area (Å²) in [6.45, 7) is 2.77. The first-order valence-electron chi connectivity index (χ1n) is 6.31. The van der Waals surface area contributed by atoms with E-state index >= 15 is 0 Å². The van der Waals surface area contributed by atoms with Crippen LogP contribution in [0.25, 0.3) is 11.2 Å². The minimum atomic E-state index is 0.690. The number of nitrogens with one attached hydrogen (secondary N) is 1. The van der Waals surface area contributed by atoms with Crippen molar-refractivity contribution in [2.75, 3.05) is 5.32 Å². The molecule has 1 aromatic carbocycles. The van der Waals surface area contributed by atoms with Crippen LogP contribution in [0.5, 0.6) is 0 Å². The molecule has 0 radical (unpaired) electrons. The van der Waals surface area contributed by atoms with E-state index in [2.05, 4.69) is 46.5 Å². The molecule has 0 saturated heterocycles. The van der Waals surface area contributed by atoms with E-state index in [0.717, 1.165) is 22.7 Å². The van der Waals surface area contributed by atoms with Gasteiger partial charge < -0.3 is 9.88 Å². The van der Waals surface area contributed by atoms with Crippen molar-refractivity contribution in [2.24, 2.45) is 7.05 Å². The molecule has 2 heterocycles. The topological polar surface area (TPSA) is 42.7 Å². The van der Waals surface area contributed by atoms with Crippen molar-refractivity contribution in [3.05, 3.63) is 54.0 Å². The van der Waals surface area contributed by atoms with Crippen molar-refractivity contribution in [1.82, 2.24) is 14.5 Å². The van der Waals surface area contributed by atoms with Crippen molar-refractivity contribution in [2.45, 2.75) is 13.5 Å². The zero-order valence-electron chi connectivity index (χ0n) is 11.1. The third kappa shape index (κ3) is 2.29. The first-order chi connectivity index (χ1) is 9.24. The minimum Gasteiger partial charge on any atom is -0.378 e. The number of anilines is 1. The van der Waals surface area contributed by atoms with Gasteiger partial charge >= 0.3 is 0 Å². The van der Waals surface area contributed by atoms with E-state index in [1.54, 1.807) is 6.20 Å². The zero-order chi connectivity index (χ0) is 13.2. The van der Waals surface area contributed by atoms with Crippen LogP contribution in [0.2, 0.25) is 0 Å². The van der Waals surface area contributed by atoms with Gasteiger partial charge in [-0.1, -0.05) is 17.7 Å². The van der Waals surface area contributed by atoms with Crippen LogP contribution < -0.4 is 5.32 Å². The number of imidazole rings is 1. The van der Waals surface area contributed by atoms with Crippen molar-refractivity contribution in [3.8, 4) is 0 Å². The molecule has 0 aliphatic heterocycles. The Hall–Kier alpha value is -2.36. The van der Waals surface area contributed by atoms with Gasteiger partial charge in [0.15, 0.2) is 5.65 Å². The van der Waals surface area contributed by atoms with Gasteiger partial charge in [-0.15, -0.1) is 0 Å². The van der Waals surface area contributed by atoms with Crippen molar-refractivity contribution in [3.63, 3.8) is 0 Å². The largest absolute Gasteiger partial charge is 0.378 e. The van der Waals surface area contributed by atoms with Crippen LogP contribution >= 0.6 is 0 Å². The summed E-state index contributed by atoms with van der Waals surface area (Å²) < 4.78 is 2.02. The minimum absolute atomic E-state index is 0.690. The fraction of sp³-hybridized carbons (Fsp3) is 0.200. The Labute approximate surface area is 112 Å². The van der Waals surface area contributed by atoms with Gasteiger partial charge in [0.25, 0.3) is 0 Å². The van der Waals surface area contributed by atoms with Crippen LogP contribution in [0.15, 0.2) is 42.6 Å². The first-order valence-corrected chi connectivity index (χ1v) is 6.31. The third-order valence-corrected chi connectivity index (χ3v) is 3.22. The Balaban J connectivity index is 1.82. The molecule has 0 saturated carbocycles. The molecular formula is C15H16N4. The number of rotatable bonds is 3. The highest BCUT2D eigenvalue weighted by molar-refractivity contribution is 5.71. The van der Waals surface area contributed by atoms with Crippen LogP contribution in [-0.4, -0.2) is 14.5 Å². The number of aryl methyl sites for hydroxylation is 2. The number of aromatic nitrogens is 3. The summed E-state index contributed by atoms with van der Waals surface area (Å²) in [5, 5.41) is 3.38. The number of hydrogen-bond acceptors (Lipinski definition) is 3. The predicted octanol–water partition coefficient (Wildman–Crippen LogP) is 2.89. The highest BCUT2D eigenvalue weighted by Crippen LogP contribution is 2.14. The summed E-state index contributed by atoms with van der Waals surface area (Å²) in [6.07, 6.45) is 1.79. The van der Waals surface area contributed by atoms with E-state index in [4.69, 9.17) is 0 Å². The molecule has 0 fully saturated rings. The Kier molecular flexibility index (Phi) is 2.91. The molecule has 1 N–H and O–H groups in total. The second kappa shape index (κ2) is 4.72. The number of benzene rings is 1.